The Bertz CT molecular complexity index is 132. The molecule has 0 aromatic rings. The van der Waals surface area contributed by atoms with Crippen LogP contribution in [0.5, 0.6) is 0 Å². The number of aliphatic hydroxyl groups excluding tert-OH is 1. The molecule has 14 heavy (non-hydrogen) atoms. The summed E-state index contributed by atoms with van der Waals surface area (Å²) in [5.41, 5.74) is 0. The zero-order valence-corrected chi connectivity index (χ0v) is 10.2. The molecule has 0 saturated heterocycles. The summed E-state index contributed by atoms with van der Waals surface area (Å²) in [7, 11) is 0. The maximum atomic E-state index is 9.81. The maximum absolute atomic E-state index is 9.81. The molecule has 0 spiro atoms. The molecule has 0 aromatic heterocycles. The van der Waals surface area contributed by atoms with Gasteiger partial charge in [-0.3, -0.25) is 0 Å². The Hall–Kier alpha value is 0.310. The average Bonchev–Trinajstić information content (AvgIpc) is 2.20. The van der Waals surface area contributed by atoms with Gasteiger partial charge in [0.15, 0.2) is 0 Å². The van der Waals surface area contributed by atoms with Crippen LogP contribution in [0.2, 0.25) is 0 Å². The molecule has 1 aliphatic rings. The molecule has 1 rings (SSSR count). The topological polar surface area (TPSA) is 20.2 Å². The van der Waals surface area contributed by atoms with Crippen LogP contribution in [0, 0.1) is 5.92 Å². The normalized spacial score (nSPS) is 21.0. The number of thioether (sulfide) groups is 1. The Labute approximate surface area is 92.7 Å². The van der Waals surface area contributed by atoms with E-state index < -0.39 is 0 Å². The predicted molar refractivity (Wildman–Crippen MR) is 64.8 cm³/mol. The highest BCUT2D eigenvalue weighted by molar-refractivity contribution is 7.99. The Balaban J connectivity index is 2.03. The molecule has 1 saturated carbocycles. The second kappa shape index (κ2) is 7.58. The first kappa shape index (κ1) is 12.4. The Morgan fingerprint density at radius 1 is 1.29 bits per heavy atom. The number of hydrogen-bond donors (Lipinski definition) is 1. The van der Waals surface area contributed by atoms with Gasteiger partial charge in [-0.15, -0.1) is 0 Å². The van der Waals surface area contributed by atoms with Crippen LogP contribution in [-0.2, 0) is 0 Å². The van der Waals surface area contributed by atoms with Gasteiger partial charge in [0.05, 0.1) is 6.10 Å². The monoisotopic (exact) mass is 216 g/mol. The van der Waals surface area contributed by atoms with E-state index in [2.05, 4.69) is 6.92 Å². The first-order chi connectivity index (χ1) is 6.83. The largest absolute Gasteiger partial charge is 0.393 e. The summed E-state index contributed by atoms with van der Waals surface area (Å²) in [6.45, 7) is 2.18. The molecular formula is C12H24OS. The van der Waals surface area contributed by atoms with E-state index in [1.807, 2.05) is 11.8 Å². The number of rotatable bonds is 6. The molecule has 1 nitrogen and oxygen atoms in total. The minimum absolute atomic E-state index is 0.0304. The van der Waals surface area contributed by atoms with Crippen LogP contribution < -0.4 is 0 Å². The van der Waals surface area contributed by atoms with E-state index in [9.17, 15) is 5.11 Å². The van der Waals surface area contributed by atoms with Crippen LogP contribution in [0.4, 0.5) is 0 Å². The van der Waals surface area contributed by atoms with Crippen molar-refractivity contribution in [2.24, 2.45) is 5.92 Å². The van der Waals surface area contributed by atoms with Crippen LogP contribution in [0.25, 0.3) is 0 Å². The lowest BCUT2D eigenvalue weighted by Gasteiger charge is -2.23. The predicted octanol–water partition coefficient (Wildman–Crippen LogP) is 3.46. The molecule has 1 aliphatic carbocycles. The summed E-state index contributed by atoms with van der Waals surface area (Å²) in [5, 5.41) is 9.81. The second-order valence-corrected chi connectivity index (χ2v) is 5.77. The highest BCUT2D eigenvalue weighted by Gasteiger charge is 2.16. The van der Waals surface area contributed by atoms with Crippen molar-refractivity contribution in [3.05, 3.63) is 0 Å². The maximum Gasteiger partial charge on any atom is 0.0550 e. The third-order valence-electron chi connectivity index (χ3n) is 3.13. The van der Waals surface area contributed by atoms with Gasteiger partial charge in [-0.1, -0.05) is 39.0 Å². The van der Waals surface area contributed by atoms with Gasteiger partial charge in [0, 0.05) is 0 Å². The van der Waals surface area contributed by atoms with Crippen molar-refractivity contribution >= 4 is 11.8 Å². The summed E-state index contributed by atoms with van der Waals surface area (Å²) in [6.07, 6.45) is 8.94. The molecule has 0 aromatic carbocycles. The summed E-state index contributed by atoms with van der Waals surface area (Å²) < 4.78 is 0. The van der Waals surface area contributed by atoms with Gasteiger partial charge in [-0.05, 0) is 30.3 Å². The molecular weight excluding hydrogens is 192 g/mol. The van der Waals surface area contributed by atoms with Gasteiger partial charge in [0.1, 0.15) is 0 Å². The number of aliphatic hydroxyl groups is 1. The molecule has 1 N–H and O–H groups in total. The lowest BCUT2D eigenvalue weighted by molar-refractivity contribution is 0.127. The third kappa shape index (κ3) is 5.26. The standard InChI is InChI=1S/C12H24OS/c1-2-14-9-8-12(13)10-11-6-4-3-5-7-11/h11-13H,2-10H2,1H3. The fourth-order valence-corrected chi connectivity index (χ4v) is 3.02. The minimum atomic E-state index is -0.0304. The van der Waals surface area contributed by atoms with E-state index in [0.717, 1.165) is 24.5 Å². The fourth-order valence-electron chi connectivity index (χ4n) is 2.29. The lowest BCUT2D eigenvalue weighted by atomic mass is 9.85. The van der Waals surface area contributed by atoms with Crippen LogP contribution in [0.3, 0.4) is 0 Å². The smallest absolute Gasteiger partial charge is 0.0550 e. The van der Waals surface area contributed by atoms with E-state index in [-0.39, 0.29) is 6.10 Å². The zero-order chi connectivity index (χ0) is 10.2. The molecule has 1 fully saturated rings. The van der Waals surface area contributed by atoms with Crippen molar-refractivity contribution in [3.8, 4) is 0 Å². The van der Waals surface area contributed by atoms with Crippen LogP contribution in [0.1, 0.15) is 51.9 Å². The van der Waals surface area contributed by atoms with E-state index in [1.165, 1.54) is 37.9 Å². The SMILES string of the molecule is CCSCCC(O)CC1CCCCC1. The number of hydrogen-bond acceptors (Lipinski definition) is 2. The highest BCUT2D eigenvalue weighted by atomic mass is 32.2. The van der Waals surface area contributed by atoms with E-state index >= 15 is 0 Å². The summed E-state index contributed by atoms with van der Waals surface area (Å²) in [4.78, 5) is 0. The van der Waals surface area contributed by atoms with Gasteiger partial charge in [0.2, 0.25) is 0 Å². The molecule has 0 amide bonds. The first-order valence-electron chi connectivity index (χ1n) is 6.08. The van der Waals surface area contributed by atoms with E-state index in [4.69, 9.17) is 0 Å². The molecule has 1 atom stereocenters. The molecule has 2 heteroatoms. The lowest BCUT2D eigenvalue weighted by Crippen LogP contribution is -2.16. The average molecular weight is 216 g/mol. The Kier molecular flexibility index (Phi) is 6.70. The van der Waals surface area contributed by atoms with Gasteiger partial charge < -0.3 is 5.11 Å². The van der Waals surface area contributed by atoms with Gasteiger partial charge in [-0.2, -0.15) is 11.8 Å². The zero-order valence-electron chi connectivity index (χ0n) is 9.37. The second-order valence-electron chi connectivity index (χ2n) is 4.38. The highest BCUT2D eigenvalue weighted by Crippen LogP contribution is 2.28. The van der Waals surface area contributed by atoms with Crippen molar-refractivity contribution in [1.29, 1.82) is 0 Å². The molecule has 0 radical (unpaired) electrons. The van der Waals surface area contributed by atoms with Crippen molar-refractivity contribution in [2.45, 2.75) is 58.0 Å². The Morgan fingerprint density at radius 2 is 2.00 bits per heavy atom. The van der Waals surface area contributed by atoms with Crippen LogP contribution in [0.15, 0.2) is 0 Å². The van der Waals surface area contributed by atoms with Crippen molar-refractivity contribution in [3.63, 3.8) is 0 Å². The van der Waals surface area contributed by atoms with Crippen LogP contribution in [-0.4, -0.2) is 22.7 Å². The molecule has 0 bridgehead atoms. The quantitative estimate of drug-likeness (QED) is 0.686. The summed E-state index contributed by atoms with van der Waals surface area (Å²) in [6, 6.07) is 0. The Morgan fingerprint density at radius 3 is 2.64 bits per heavy atom. The fraction of sp³-hybridized carbons (Fsp3) is 1.00. The molecule has 0 heterocycles. The first-order valence-corrected chi connectivity index (χ1v) is 7.24. The van der Waals surface area contributed by atoms with Gasteiger partial charge >= 0.3 is 0 Å². The molecule has 84 valence electrons. The van der Waals surface area contributed by atoms with Gasteiger partial charge in [-0.25, -0.2) is 0 Å². The van der Waals surface area contributed by atoms with Crippen molar-refractivity contribution < 1.29 is 5.11 Å². The minimum Gasteiger partial charge on any atom is -0.393 e. The van der Waals surface area contributed by atoms with Gasteiger partial charge in [0.25, 0.3) is 0 Å². The van der Waals surface area contributed by atoms with E-state index in [0.29, 0.717) is 0 Å². The van der Waals surface area contributed by atoms with E-state index in [1.54, 1.807) is 0 Å². The van der Waals surface area contributed by atoms with Crippen LogP contribution >= 0.6 is 11.8 Å². The van der Waals surface area contributed by atoms with Crippen molar-refractivity contribution in [1.82, 2.24) is 0 Å². The summed E-state index contributed by atoms with van der Waals surface area (Å²) in [5.74, 6) is 3.13. The van der Waals surface area contributed by atoms with Crippen molar-refractivity contribution in [2.75, 3.05) is 11.5 Å². The summed E-state index contributed by atoms with van der Waals surface area (Å²) >= 11 is 1.94. The molecule has 0 aliphatic heterocycles. The molecule has 1 unspecified atom stereocenters. The third-order valence-corrected chi connectivity index (χ3v) is 4.06.